The number of esters is 1. The number of hydrogen-bond donors (Lipinski definition) is 2. The SMILES string of the molecule is CCCCn1c(N)c(N(CCC(C)C)C(=O)COC(=O)/C=C/c2ccc(F)cc2)c(=O)[nH]c1=O. The first-order valence-corrected chi connectivity index (χ1v) is 11.2. The van der Waals surface area contributed by atoms with E-state index in [1.165, 1.54) is 34.9 Å². The first-order valence-electron chi connectivity index (χ1n) is 11.2. The molecule has 10 heteroatoms. The van der Waals surface area contributed by atoms with Crippen LogP contribution in [0.5, 0.6) is 0 Å². The molecule has 184 valence electrons. The average molecular weight is 475 g/mol. The molecule has 0 fully saturated rings. The van der Waals surface area contributed by atoms with Gasteiger partial charge in [0, 0.05) is 19.2 Å². The van der Waals surface area contributed by atoms with Gasteiger partial charge in [-0.3, -0.25) is 19.1 Å². The van der Waals surface area contributed by atoms with Crippen molar-refractivity contribution in [3.63, 3.8) is 0 Å². The summed E-state index contributed by atoms with van der Waals surface area (Å²) < 4.78 is 19.3. The van der Waals surface area contributed by atoms with Crippen LogP contribution in [0.4, 0.5) is 15.9 Å². The minimum absolute atomic E-state index is 0.109. The summed E-state index contributed by atoms with van der Waals surface area (Å²) in [6.45, 7) is 5.68. The third kappa shape index (κ3) is 7.43. The third-order valence-corrected chi connectivity index (χ3v) is 5.07. The van der Waals surface area contributed by atoms with Crippen molar-refractivity contribution in [2.24, 2.45) is 5.92 Å². The van der Waals surface area contributed by atoms with Gasteiger partial charge in [0.25, 0.3) is 11.5 Å². The van der Waals surface area contributed by atoms with Crippen LogP contribution in [0.25, 0.3) is 6.08 Å². The molecule has 1 aromatic heterocycles. The van der Waals surface area contributed by atoms with Crippen molar-refractivity contribution >= 4 is 29.5 Å². The number of hydrogen-bond acceptors (Lipinski definition) is 6. The predicted molar refractivity (Wildman–Crippen MR) is 129 cm³/mol. The third-order valence-electron chi connectivity index (χ3n) is 5.07. The highest BCUT2D eigenvalue weighted by atomic mass is 19.1. The van der Waals surface area contributed by atoms with Gasteiger partial charge in [-0.1, -0.05) is 39.3 Å². The Hall–Kier alpha value is -3.69. The Morgan fingerprint density at radius 2 is 1.91 bits per heavy atom. The highest BCUT2D eigenvalue weighted by Crippen LogP contribution is 2.19. The Labute approximate surface area is 197 Å². The van der Waals surface area contributed by atoms with Gasteiger partial charge in [-0.2, -0.15) is 0 Å². The van der Waals surface area contributed by atoms with E-state index in [-0.39, 0.29) is 24.0 Å². The lowest BCUT2D eigenvalue weighted by Gasteiger charge is -2.25. The van der Waals surface area contributed by atoms with E-state index in [0.717, 1.165) is 17.4 Å². The fraction of sp³-hybridized carbons (Fsp3) is 0.417. The lowest BCUT2D eigenvalue weighted by atomic mass is 10.1. The molecule has 2 aromatic rings. The van der Waals surface area contributed by atoms with E-state index < -0.39 is 35.5 Å². The smallest absolute Gasteiger partial charge is 0.331 e. The number of nitrogens with zero attached hydrogens (tertiary/aromatic N) is 2. The second-order valence-electron chi connectivity index (χ2n) is 8.22. The van der Waals surface area contributed by atoms with Crippen LogP contribution in [0.15, 0.2) is 39.9 Å². The number of rotatable bonds is 11. The summed E-state index contributed by atoms with van der Waals surface area (Å²) >= 11 is 0. The number of nitrogen functional groups attached to an aromatic ring is 1. The molecule has 9 nitrogen and oxygen atoms in total. The molecule has 1 amide bonds. The molecule has 0 aliphatic carbocycles. The number of aromatic amines is 1. The molecule has 0 radical (unpaired) electrons. The van der Waals surface area contributed by atoms with Crippen LogP contribution in [0.2, 0.25) is 0 Å². The van der Waals surface area contributed by atoms with E-state index in [2.05, 4.69) is 4.98 Å². The van der Waals surface area contributed by atoms with Gasteiger partial charge in [0.2, 0.25) is 0 Å². The van der Waals surface area contributed by atoms with Crippen LogP contribution in [0, 0.1) is 11.7 Å². The van der Waals surface area contributed by atoms with Crippen LogP contribution >= 0.6 is 0 Å². The maximum atomic E-state index is 13.0. The van der Waals surface area contributed by atoms with Crippen molar-refractivity contribution in [2.75, 3.05) is 23.8 Å². The minimum atomic E-state index is -0.783. The van der Waals surface area contributed by atoms with E-state index in [1.54, 1.807) is 0 Å². The number of H-pyrrole nitrogens is 1. The zero-order chi connectivity index (χ0) is 25.3. The molecule has 0 saturated carbocycles. The monoisotopic (exact) mass is 474 g/mol. The summed E-state index contributed by atoms with van der Waals surface area (Å²) in [6, 6.07) is 5.48. The number of amides is 1. The maximum absolute atomic E-state index is 13.0. The number of benzene rings is 1. The fourth-order valence-corrected chi connectivity index (χ4v) is 3.12. The second kappa shape index (κ2) is 12.5. The Morgan fingerprint density at radius 3 is 2.53 bits per heavy atom. The van der Waals surface area contributed by atoms with Crippen molar-refractivity contribution < 1.29 is 18.7 Å². The number of unbranched alkanes of at least 4 members (excludes halogenated alkanes) is 1. The summed E-state index contributed by atoms with van der Waals surface area (Å²) in [7, 11) is 0. The highest BCUT2D eigenvalue weighted by molar-refractivity contribution is 5.98. The summed E-state index contributed by atoms with van der Waals surface area (Å²) in [5.41, 5.74) is 5.17. The topological polar surface area (TPSA) is 127 Å². The number of nitrogens with two attached hydrogens (primary N) is 1. The second-order valence-corrected chi connectivity index (χ2v) is 8.22. The first kappa shape index (κ1) is 26.6. The van der Waals surface area contributed by atoms with Crippen LogP contribution in [0.1, 0.15) is 45.6 Å². The molecule has 3 N–H and O–H groups in total. The molecule has 0 aliphatic rings. The van der Waals surface area contributed by atoms with Gasteiger partial charge < -0.3 is 15.4 Å². The van der Waals surface area contributed by atoms with Gasteiger partial charge in [0.05, 0.1) is 0 Å². The lowest BCUT2D eigenvalue weighted by molar-refractivity contribution is -0.142. The van der Waals surface area contributed by atoms with Gasteiger partial charge in [-0.25, -0.2) is 14.0 Å². The molecule has 34 heavy (non-hydrogen) atoms. The number of ether oxygens (including phenoxy) is 1. The van der Waals surface area contributed by atoms with Gasteiger partial charge in [-0.15, -0.1) is 0 Å². The standard InChI is InChI=1S/C24H31FN4O5/c1-4-5-13-29-22(26)21(23(32)27-24(29)33)28(14-12-16(2)3)19(30)15-34-20(31)11-8-17-6-9-18(25)10-7-17/h6-11,16H,4-5,12-15,26H2,1-3H3,(H,27,32,33)/b11-8+. The van der Waals surface area contributed by atoms with Crippen molar-refractivity contribution in [1.29, 1.82) is 0 Å². The van der Waals surface area contributed by atoms with E-state index >= 15 is 0 Å². The Kier molecular flexibility index (Phi) is 9.78. The fourth-order valence-electron chi connectivity index (χ4n) is 3.12. The average Bonchev–Trinajstić information content (AvgIpc) is 2.78. The van der Waals surface area contributed by atoms with Crippen LogP contribution in [0.3, 0.4) is 0 Å². The van der Waals surface area contributed by atoms with Gasteiger partial charge >= 0.3 is 11.7 Å². The number of nitrogens with one attached hydrogen (secondary N) is 1. The summed E-state index contributed by atoms with van der Waals surface area (Å²) in [5, 5.41) is 0. The van der Waals surface area contributed by atoms with Gasteiger partial charge in [-0.05, 0) is 42.5 Å². The maximum Gasteiger partial charge on any atom is 0.331 e. The Balaban J connectivity index is 2.23. The lowest BCUT2D eigenvalue weighted by Crippen LogP contribution is -2.43. The van der Waals surface area contributed by atoms with Crippen molar-refractivity contribution in [3.8, 4) is 0 Å². The first-order chi connectivity index (χ1) is 16.1. The summed E-state index contributed by atoms with van der Waals surface area (Å²) in [6.07, 6.45) is 4.56. The molecule has 0 atom stereocenters. The molecule has 0 bridgehead atoms. The molecule has 0 aliphatic heterocycles. The van der Waals surface area contributed by atoms with Crippen molar-refractivity contribution in [3.05, 3.63) is 62.6 Å². The summed E-state index contributed by atoms with van der Waals surface area (Å²) in [4.78, 5) is 53.3. The Bertz CT molecular complexity index is 1140. The zero-order valence-electron chi connectivity index (χ0n) is 19.7. The number of carbonyl (C=O) groups excluding carboxylic acids is 2. The van der Waals surface area contributed by atoms with Crippen molar-refractivity contribution in [1.82, 2.24) is 9.55 Å². The van der Waals surface area contributed by atoms with Crippen molar-refractivity contribution in [2.45, 2.75) is 46.6 Å². The Morgan fingerprint density at radius 1 is 1.24 bits per heavy atom. The molecule has 2 rings (SSSR count). The highest BCUT2D eigenvalue weighted by Gasteiger charge is 2.25. The van der Waals surface area contributed by atoms with E-state index in [1.807, 2.05) is 20.8 Å². The molecule has 0 spiro atoms. The summed E-state index contributed by atoms with van der Waals surface area (Å²) in [5.74, 6) is -1.73. The minimum Gasteiger partial charge on any atom is -0.452 e. The van der Waals surface area contributed by atoms with E-state index in [4.69, 9.17) is 10.5 Å². The molecule has 1 aromatic carbocycles. The van der Waals surface area contributed by atoms with E-state index in [9.17, 15) is 23.6 Å². The van der Waals surface area contributed by atoms with Gasteiger partial charge in [0.15, 0.2) is 12.3 Å². The molecule has 0 unspecified atom stereocenters. The number of halogens is 1. The van der Waals surface area contributed by atoms with Crippen LogP contribution in [-0.2, 0) is 20.9 Å². The predicted octanol–water partition coefficient (Wildman–Crippen LogP) is 2.69. The van der Waals surface area contributed by atoms with Crippen LogP contribution < -0.4 is 21.9 Å². The van der Waals surface area contributed by atoms with Gasteiger partial charge in [0.1, 0.15) is 11.6 Å². The zero-order valence-corrected chi connectivity index (χ0v) is 19.7. The molecular formula is C24H31FN4O5. The van der Waals surface area contributed by atoms with Crippen LogP contribution in [-0.4, -0.2) is 34.6 Å². The number of carbonyl (C=O) groups is 2. The van der Waals surface area contributed by atoms with E-state index in [0.29, 0.717) is 24.9 Å². The largest absolute Gasteiger partial charge is 0.452 e. The number of aromatic nitrogens is 2. The number of anilines is 2. The molecule has 0 saturated heterocycles. The molecule has 1 heterocycles. The quantitative estimate of drug-likeness (QED) is 0.381. The normalized spacial score (nSPS) is 11.2. The molecular weight excluding hydrogens is 443 g/mol.